The summed E-state index contributed by atoms with van der Waals surface area (Å²) in [7, 11) is 0. The van der Waals surface area contributed by atoms with Crippen molar-refractivity contribution in [1.82, 2.24) is 9.78 Å². The third-order valence-corrected chi connectivity index (χ3v) is 2.83. The Morgan fingerprint density at radius 2 is 2.05 bits per heavy atom. The number of aromatic nitrogens is 2. The van der Waals surface area contributed by atoms with Crippen molar-refractivity contribution in [3.8, 4) is 5.69 Å². The van der Waals surface area contributed by atoms with Crippen LogP contribution >= 0.6 is 0 Å². The monoisotopic (exact) mass is 279 g/mol. The number of nitrogens with zero attached hydrogens (tertiary/aromatic N) is 3. The smallest absolute Gasteiger partial charge is 0.339 e. The molecule has 0 atom stereocenters. The van der Waals surface area contributed by atoms with Gasteiger partial charge in [-0.25, -0.2) is 13.9 Å². The second-order valence-corrected chi connectivity index (χ2v) is 4.19. The number of nitro groups is 1. The number of hydrogen-bond acceptors (Lipinski definition) is 4. The van der Waals surface area contributed by atoms with Gasteiger partial charge in [0.15, 0.2) is 0 Å². The Labute approximate surface area is 112 Å². The average molecular weight is 279 g/mol. The van der Waals surface area contributed by atoms with E-state index in [0.29, 0.717) is 0 Å². The fraction of sp³-hybridized carbons (Fsp3) is 0.167. The van der Waals surface area contributed by atoms with E-state index >= 15 is 0 Å². The van der Waals surface area contributed by atoms with E-state index in [4.69, 9.17) is 5.11 Å². The van der Waals surface area contributed by atoms with Crippen LogP contribution in [0.1, 0.15) is 21.7 Å². The number of nitro benzene ring substituents is 1. The fourth-order valence-electron chi connectivity index (χ4n) is 1.99. The molecule has 104 valence electrons. The first-order valence-corrected chi connectivity index (χ1v) is 5.56. The lowest BCUT2D eigenvalue weighted by Crippen LogP contribution is -2.03. The minimum absolute atomic E-state index is 0.00286. The third-order valence-electron chi connectivity index (χ3n) is 2.83. The first-order chi connectivity index (χ1) is 9.31. The molecule has 20 heavy (non-hydrogen) atoms. The number of carboxylic acids is 1. The molecule has 1 aromatic heterocycles. The highest BCUT2D eigenvalue weighted by molar-refractivity contribution is 5.90. The summed E-state index contributed by atoms with van der Waals surface area (Å²) in [5.41, 5.74) is 0.197. The van der Waals surface area contributed by atoms with E-state index in [0.717, 1.165) is 18.2 Å². The molecule has 1 heterocycles. The van der Waals surface area contributed by atoms with Gasteiger partial charge < -0.3 is 5.11 Å². The summed E-state index contributed by atoms with van der Waals surface area (Å²) in [4.78, 5) is 21.1. The molecule has 1 N–H and O–H groups in total. The normalized spacial score (nSPS) is 10.6. The Balaban J connectivity index is 2.66. The molecule has 0 bridgehead atoms. The number of halogens is 1. The van der Waals surface area contributed by atoms with Gasteiger partial charge >= 0.3 is 5.97 Å². The zero-order valence-corrected chi connectivity index (χ0v) is 10.6. The molecule has 7 nitrogen and oxygen atoms in total. The van der Waals surface area contributed by atoms with Crippen LogP contribution in [0.5, 0.6) is 0 Å². The average Bonchev–Trinajstić information content (AvgIpc) is 2.63. The lowest BCUT2D eigenvalue weighted by atomic mass is 10.2. The molecule has 8 heteroatoms. The Kier molecular flexibility index (Phi) is 3.23. The highest BCUT2D eigenvalue weighted by atomic mass is 19.1. The molecule has 0 aliphatic rings. The molecule has 0 spiro atoms. The number of carboxylic acid groups (broad SMARTS) is 1. The summed E-state index contributed by atoms with van der Waals surface area (Å²) < 4.78 is 14.6. The topological polar surface area (TPSA) is 98.3 Å². The molecular formula is C12H10FN3O4. The van der Waals surface area contributed by atoms with Gasteiger partial charge in [-0.3, -0.25) is 10.1 Å². The molecule has 2 aromatic rings. The van der Waals surface area contributed by atoms with Crippen LogP contribution in [-0.2, 0) is 0 Å². The van der Waals surface area contributed by atoms with Crippen molar-refractivity contribution in [1.29, 1.82) is 0 Å². The molecule has 0 unspecified atom stereocenters. The van der Waals surface area contributed by atoms with Gasteiger partial charge in [0.05, 0.1) is 28.1 Å². The van der Waals surface area contributed by atoms with Crippen LogP contribution in [0.2, 0.25) is 0 Å². The fourth-order valence-corrected chi connectivity index (χ4v) is 1.99. The first kappa shape index (κ1) is 13.7. The Morgan fingerprint density at radius 3 is 2.55 bits per heavy atom. The quantitative estimate of drug-likeness (QED) is 0.686. The second kappa shape index (κ2) is 4.72. The molecule has 0 fully saturated rings. The Bertz CT molecular complexity index is 724. The van der Waals surface area contributed by atoms with Crippen molar-refractivity contribution in [2.24, 2.45) is 0 Å². The number of aryl methyl sites for hydroxylation is 1. The van der Waals surface area contributed by atoms with Crippen molar-refractivity contribution in [3.63, 3.8) is 0 Å². The number of hydrogen-bond donors (Lipinski definition) is 1. The molecule has 0 saturated heterocycles. The van der Waals surface area contributed by atoms with Gasteiger partial charge in [0.2, 0.25) is 0 Å². The van der Waals surface area contributed by atoms with Gasteiger partial charge in [0.25, 0.3) is 5.69 Å². The minimum atomic E-state index is -1.16. The van der Waals surface area contributed by atoms with Crippen molar-refractivity contribution < 1.29 is 19.2 Å². The van der Waals surface area contributed by atoms with Crippen molar-refractivity contribution in [3.05, 3.63) is 51.1 Å². The zero-order chi connectivity index (χ0) is 15.0. The second-order valence-electron chi connectivity index (χ2n) is 4.19. The Hall–Kier alpha value is -2.77. The highest BCUT2D eigenvalue weighted by Gasteiger charge is 2.20. The summed E-state index contributed by atoms with van der Waals surface area (Å²) in [5, 5.41) is 23.8. The summed E-state index contributed by atoms with van der Waals surface area (Å²) in [6, 6.07) is 2.97. The van der Waals surface area contributed by atoms with E-state index < -0.39 is 22.4 Å². The van der Waals surface area contributed by atoms with Crippen LogP contribution < -0.4 is 0 Å². The van der Waals surface area contributed by atoms with Crippen LogP contribution in [0, 0.1) is 29.8 Å². The van der Waals surface area contributed by atoms with Gasteiger partial charge in [0, 0.05) is 12.1 Å². The van der Waals surface area contributed by atoms with E-state index in [9.17, 15) is 19.3 Å². The number of rotatable bonds is 3. The lowest BCUT2D eigenvalue weighted by molar-refractivity contribution is -0.385. The number of aromatic carboxylic acids is 1. The van der Waals surface area contributed by atoms with Crippen LogP contribution in [0.15, 0.2) is 18.2 Å². The molecule has 1 aromatic carbocycles. The van der Waals surface area contributed by atoms with E-state index in [-0.39, 0.29) is 22.6 Å². The van der Waals surface area contributed by atoms with Gasteiger partial charge in [-0.1, -0.05) is 0 Å². The highest BCUT2D eigenvalue weighted by Crippen LogP contribution is 2.22. The maximum atomic E-state index is 13.4. The van der Waals surface area contributed by atoms with Crippen molar-refractivity contribution in [2.75, 3.05) is 0 Å². The lowest BCUT2D eigenvalue weighted by Gasteiger charge is -2.05. The van der Waals surface area contributed by atoms with Crippen molar-refractivity contribution in [2.45, 2.75) is 13.8 Å². The van der Waals surface area contributed by atoms with Gasteiger partial charge in [0.1, 0.15) is 11.4 Å². The minimum Gasteiger partial charge on any atom is -0.478 e. The van der Waals surface area contributed by atoms with Crippen LogP contribution in [0.4, 0.5) is 10.1 Å². The number of carbonyl (C=O) groups is 1. The molecular weight excluding hydrogens is 269 g/mol. The molecule has 2 rings (SSSR count). The third kappa shape index (κ3) is 2.22. The van der Waals surface area contributed by atoms with E-state index in [1.807, 2.05) is 0 Å². The molecule has 0 aliphatic carbocycles. The first-order valence-electron chi connectivity index (χ1n) is 5.56. The van der Waals surface area contributed by atoms with Crippen LogP contribution in [0.25, 0.3) is 5.69 Å². The SMILES string of the molecule is Cc1nn(-c2cc(F)cc([N+](=O)[O-])c2)c(C)c1C(=O)O. The largest absolute Gasteiger partial charge is 0.478 e. The molecule has 0 radical (unpaired) electrons. The van der Waals surface area contributed by atoms with Gasteiger partial charge in [-0.15, -0.1) is 0 Å². The van der Waals surface area contributed by atoms with E-state index in [2.05, 4.69) is 5.10 Å². The predicted molar refractivity (Wildman–Crippen MR) is 66.6 cm³/mol. The molecule has 0 saturated carbocycles. The Morgan fingerprint density at radius 1 is 1.40 bits per heavy atom. The standard InChI is InChI=1S/C12H10FN3O4/c1-6-11(12(17)18)7(2)15(14-6)9-3-8(13)4-10(5-9)16(19)20/h3-5H,1-2H3,(H,17,18). The predicted octanol–water partition coefficient (Wildman–Crippen LogP) is 2.23. The molecule has 0 amide bonds. The van der Waals surface area contributed by atoms with Gasteiger partial charge in [-0.05, 0) is 13.8 Å². The summed E-state index contributed by atoms with van der Waals surface area (Å²) in [6.45, 7) is 3.00. The maximum Gasteiger partial charge on any atom is 0.339 e. The maximum absolute atomic E-state index is 13.4. The van der Waals surface area contributed by atoms with E-state index in [1.165, 1.54) is 18.5 Å². The molecule has 0 aliphatic heterocycles. The van der Waals surface area contributed by atoms with Crippen LogP contribution in [-0.4, -0.2) is 25.8 Å². The zero-order valence-electron chi connectivity index (χ0n) is 10.6. The van der Waals surface area contributed by atoms with Gasteiger partial charge in [-0.2, -0.15) is 5.10 Å². The number of benzene rings is 1. The summed E-state index contributed by atoms with van der Waals surface area (Å²) in [5.74, 6) is -1.95. The van der Waals surface area contributed by atoms with Crippen LogP contribution in [0.3, 0.4) is 0 Å². The number of non-ortho nitro benzene ring substituents is 1. The summed E-state index contributed by atoms with van der Waals surface area (Å²) in [6.07, 6.45) is 0. The summed E-state index contributed by atoms with van der Waals surface area (Å²) >= 11 is 0. The van der Waals surface area contributed by atoms with E-state index in [1.54, 1.807) is 0 Å². The van der Waals surface area contributed by atoms with Crippen molar-refractivity contribution >= 4 is 11.7 Å².